The van der Waals surface area contributed by atoms with E-state index in [1.165, 1.54) is 22.3 Å². The Bertz CT molecular complexity index is 786. The molecule has 0 unspecified atom stereocenters. The summed E-state index contributed by atoms with van der Waals surface area (Å²) in [7, 11) is 0. The molecule has 3 heteroatoms. The SMILES string of the molecule is Cc1ccc2nc(-c3cccc4c3CCNC4)[nH]c2c1. The van der Waals surface area contributed by atoms with Gasteiger partial charge in [0.05, 0.1) is 11.0 Å². The molecule has 0 fully saturated rings. The zero-order valence-electron chi connectivity index (χ0n) is 11.5. The van der Waals surface area contributed by atoms with E-state index < -0.39 is 0 Å². The number of rotatable bonds is 1. The van der Waals surface area contributed by atoms with Crippen molar-refractivity contribution in [2.75, 3.05) is 6.54 Å². The number of aromatic amines is 1. The van der Waals surface area contributed by atoms with E-state index in [1.54, 1.807) is 0 Å². The summed E-state index contributed by atoms with van der Waals surface area (Å²) in [4.78, 5) is 8.23. The van der Waals surface area contributed by atoms with E-state index in [4.69, 9.17) is 4.98 Å². The predicted octanol–water partition coefficient (Wildman–Crippen LogP) is 3.18. The van der Waals surface area contributed by atoms with Crippen LogP contribution in [0.5, 0.6) is 0 Å². The van der Waals surface area contributed by atoms with Crippen molar-refractivity contribution in [1.29, 1.82) is 0 Å². The zero-order chi connectivity index (χ0) is 13.5. The van der Waals surface area contributed by atoms with Gasteiger partial charge in [0.1, 0.15) is 5.82 Å². The van der Waals surface area contributed by atoms with E-state index in [9.17, 15) is 0 Å². The Morgan fingerprint density at radius 1 is 1.15 bits per heavy atom. The van der Waals surface area contributed by atoms with Crippen LogP contribution >= 0.6 is 0 Å². The first-order valence-corrected chi connectivity index (χ1v) is 7.09. The quantitative estimate of drug-likeness (QED) is 0.708. The molecule has 0 saturated carbocycles. The van der Waals surface area contributed by atoms with Crippen LogP contribution in [0.25, 0.3) is 22.4 Å². The Labute approximate surface area is 118 Å². The van der Waals surface area contributed by atoms with Crippen molar-refractivity contribution in [3.05, 3.63) is 53.1 Å². The van der Waals surface area contributed by atoms with Crippen LogP contribution in [0.15, 0.2) is 36.4 Å². The number of nitrogens with one attached hydrogen (secondary N) is 2. The molecule has 0 radical (unpaired) electrons. The first-order valence-electron chi connectivity index (χ1n) is 7.09. The monoisotopic (exact) mass is 263 g/mol. The maximum Gasteiger partial charge on any atom is 0.138 e. The highest BCUT2D eigenvalue weighted by molar-refractivity contribution is 5.80. The first kappa shape index (κ1) is 11.7. The van der Waals surface area contributed by atoms with Crippen molar-refractivity contribution < 1.29 is 0 Å². The van der Waals surface area contributed by atoms with Gasteiger partial charge in [-0.3, -0.25) is 0 Å². The summed E-state index contributed by atoms with van der Waals surface area (Å²) >= 11 is 0. The molecule has 2 N–H and O–H groups in total. The second kappa shape index (κ2) is 4.46. The van der Waals surface area contributed by atoms with Crippen molar-refractivity contribution in [3.63, 3.8) is 0 Å². The lowest BCUT2D eigenvalue weighted by atomic mass is 9.95. The third-order valence-electron chi connectivity index (χ3n) is 4.03. The van der Waals surface area contributed by atoms with Crippen LogP contribution in [0.2, 0.25) is 0 Å². The number of aryl methyl sites for hydroxylation is 1. The third kappa shape index (κ3) is 1.82. The highest BCUT2D eigenvalue weighted by Crippen LogP contribution is 2.28. The summed E-state index contributed by atoms with van der Waals surface area (Å²) in [6.45, 7) is 4.11. The highest BCUT2D eigenvalue weighted by Gasteiger charge is 2.15. The minimum absolute atomic E-state index is 0.961. The molecule has 3 aromatic rings. The fourth-order valence-electron chi connectivity index (χ4n) is 3.00. The molecule has 4 rings (SSSR count). The molecule has 0 saturated heterocycles. The minimum Gasteiger partial charge on any atom is -0.338 e. The predicted molar refractivity (Wildman–Crippen MR) is 81.7 cm³/mol. The van der Waals surface area contributed by atoms with Gasteiger partial charge in [0.2, 0.25) is 0 Å². The maximum absolute atomic E-state index is 4.76. The largest absolute Gasteiger partial charge is 0.338 e. The first-order chi connectivity index (χ1) is 9.81. The molecule has 0 amide bonds. The normalized spacial score (nSPS) is 14.4. The topological polar surface area (TPSA) is 40.7 Å². The average molecular weight is 263 g/mol. The Kier molecular flexibility index (Phi) is 2.60. The lowest BCUT2D eigenvalue weighted by Crippen LogP contribution is -2.24. The van der Waals surface area contributed by atoms with Crippen molar-refractivity contribution in [3.8, 4) is 11.4 Å². The molecule has 20 heavy (non-hydrogen) atoms. The zero-order valence-corrected chi connectivity index (χ0v) is 11.5. The molecule has 0 atom stereocenters. The molecule has 2 heterocycles. The second-order valence-corrected chi connectivity index (χ2v) is 5.48. The van der Waals surface area contributed by atoms with Gasteiger partial charge in [-0.15, -0.1) is 0 Å². The van der Waals surface area contributed by atoms with E-state index in [-0.39, 0.29) is 0 Å². The third-order valence-corrected chi connectivity index (χ3v) is 4.03. The van der Waals surface area contributed by atoms with Crippen LogP contribution in [0.4, 0.5) is 0 Å². The summed E-state index contributed by atoms with van der Waals surface area (Å²) in [5.41, 5.74) is 7.49. The van der Waals surface area contributed by atoms with E-state index in [2.05, 4.69) is 53.6 Å². The van der Waals surface area contributed by atoms with Crippen LogP contribution in [-0.2, 0) is 13.0 Å². The van der Waals surface area contributed by atoms with Crippen LogP contribution < -0.4 is 5.32 Å². The van der Waals surface area contributed by atoms with Crippen molar-refractivity contribution in [1.82, 2.24) is 15.3 Å². The lowest BCUT2D eigenvalue weighted by Gasteiger charge is -2.19. The Hall–Kier alpha value is -2.13. The van der Waals surface area contributed by atoms with Gasteiger partial charge in [0, 0.05) is 12.1 Å². The van der Waals surface area contributed by atoms with Crippen molar-refractivity contribution in [2.24, 2.45) is 0 Å². The van der Waals surface area contributed by atoms with Gasteiger partial charge < -0.3 is 10.3 Å². The number of nitrogens with zero attached hydrogens (tertiary/aromatic N) is 1. The van der Waals surface area contributed by atoms with Gasteiger partial charge in [-0.05, 0) is 48.7 Å². The van der Waals surface area contributed by atoms with Gasteiger partial charge in [0.25, 0.3) is 0 Å². The summed E-state index contributed by atoms with van der Waals surface area (Å²) in [6, 6.07) is 12.9. The number of hydrogen-bond donors (Lipinski definition) is 2. The number of benzene rings is 2. The number of H-pyrrole nitrogens is 1. The Balaban J connectivity index is 1.90. The number of fused-ring (bicyclic) bond motifs is 2. The highest BCUT2D eigenvalue weighted by atomic mass is 14.9. The van der Waals surface area contributed by atoms with E-state index >= 15 is 0 Å². The Morgan fingerprint density at radius 3 is 3.05 bits per heavy atom. The summed E-state index contributed by atoms with van der Waals surface area (Å²) < 4.78 is 0. The smallest absolute Gasteiger partial charge is 0.138 e. The lowest BCUT2D eigenvalue weighted by molar-refractivity contribution is 0.644. The molecular weight excluding hydrogens is 246 g/mol. The van der Waals surface area contributed by atoms with Gasteiger partial charge >= 0.3 is 0 Å². The number of hydrogen-bond acceptors (Lipinski definition) is 2. The fraction of sp³-hybridized carbons (Fsp3) is 0.235. The van der Waals surface area contributed by atoms with Gasteiger partial charge in [-0.1, -0.05) is 24.3 Å². The molecule has 1 aliphatic heterocycles. The van der Waals surface area contributed by atoms with E-state index in [0.717, 1.165) is 36.4 Å². The van der Waals surface area contributed by atoms with Crippen LogP contribution in [-0.4, -0.2) is 16.5 Å². The van der Waals surface area contributed by atoms with Gasteiger partial charge in [-0.25, -0.2) is 4.98 Å². The molecule has 2 aromatic carbocycles. The van der Waals surface area contributed by atoms with Gasteiger partial charge in [0.15, 0.2) is 0 Å². The summed E-state index contributed by atoms with van der Waals surface area (Å²) in [5.74, 6) is 0.990. The molecule has 1 aromatic heterocycles. The van der Waals surface area contributed by atoms with E-state index in [1.807, 2.05) is 0 Å². The number of imidazole rings is 1. The van der Waals surface area contributed by atoms with Crippen LogP contribution in [0.3, 0.4) is 0 Å². The molecule has 1 aliphatic rings. The molecule has 0 spiro atoms. The summed E-state index contributed by atoms with van der Waals surface area (Å²) in [5, 5.41) is 3.42. The maximum atomic E-state index is 4.76. The average Bonchev–Trinajstić information content (AvgIpc) is 2.89. The molecule has 100 valence electrons. The molecule has 3 nitrogen and oxygen atoms in total. The van der Waals surface area contributed by atoms with Gasteiger partial charge in [-0.2, -0.15) is 0 Å². The van der Waals surface area contributed by atoms with Crippen LogP contribution in [0.1, 0.15) is 16.7 Å². The van der Waals surface area contributed by atoms with Crippen LogP contribution in [0, 0.1) is 6.92 Å². The molecular formula is C17H17N3. The standard InChI is InChI=1S/C17H17N3/c1-11-5-6-15-16(9-11)20-17(19-15)14-4-2-3-12-10-18-8-7-13(12)14/h2-6,9,18H,7-8,10H2,1H3,(H,19,20). The minimum atomic E-state index is 0.961. The molecule has 0 bridgehead atoms. The Morgan fingerprint density at radius 2 is 2.10 bits per heavy atom. The second-order valence-electron chi connectivity index (χ2n) is 5.48. The van der Waals surface area contributed by atoms with Crippen molar-refractivity contribution >= 4 is 11.0 Å². The molecule has 0 aliphatic carbocycles. The number of aromatic nitrogens is 2. The van der Waals surface area contributed by atoms with E-state index in [0.29, 0.717) is 0 Å². The fourth-order valence-corrected chi connectivity index (χ4v) is 3.00. The van der Waals surface area contributed by atoms with Crippen molar-refractivity contribution in [2.45, 2.75) is 19.9 Å². The summed E-state index contributed by atoms with van der Waals surface area (Å²) in [6.07, 6.45) is 1.07.